The van der Waals surface area contributed by atoms with Crippen molar-refractivity contribution < 1.29 is 0 Å². The normalized spacial score (nSPS) is 15.2. The van der Waals surface area contributed by atoms with Gasteiger partial charge < -0.3 is 10.3 Å². The fourth-order valence-electron chi connectivity index (χ4n) is 2.52. The summed E-state index contributed by atoms with van der Waals surface area (Å²) >= 11 is 0. The quantitative estimate of drug-likeness (QED) is 0.877. The molecule has 0 spiro atoms. The van der Waals surface area contributed by atoms with Gasteiger partial charge in [-0.3, -0.25) is 4.68 Å². The predicted octanol–water partition coefficient (Wildman–Crippen LogP) is 3.29. The Kier molecular flexibility index (Phi) is 6.40. The molecular weight excluding hydrogens is 293 g/mol. The van der Waals surface area contributed by atoms with Gasteiger partial charge in [0.05, 0.1) is 12.1 Å². The van der Waals surface area contributed by atoms with Crippen LogP contribution >= 0.6 is 24.8 Å². The van der Waals surface area contributed by atoms with Gasteiger partial charge in [0.15, 0.2) is 0 Å². The summed E-state index contributed by atoms with van der Waals surface area (Å²) in [6.45, 7) is 3.17. The van der Waals surface area contributed by atoms with Crippen LogP contribution in [0.5, 0.6) is 0 Å². The van der Waals surface area contributed by atoms with Crippen LogP contribution in [0.2, 0.25) is 0 Å². The molecule has 1 aliphatic heterocycles. The maximum Gasteiger partial charge on any atom is 0.0692 e. The first-order chi connectivity index (χ1) is 8.83. The minimum Gasteiger partial charge on any atom is -0.322 e. The van der Waals surface area contributed by atoms with Gasteiger partial charge in [-0.15, -0.1) is 24.8 Å². The molecule has 1 aliphatic rings. The lowest BCUT2D eigenvalue weighted by Gasteiger charge is -2.23. The van der Waals surface area contributed by atoms with E-state index in [1.807, 2.05) is 0 Å². The van der Waals surface area contributed by atoms with Crippen LogP contribution in [0.4, 0.5) is 0 Å². The van der Waals surface area contributed by atoms with Gasteiger partial charge >= 0.3 is 0 Å². The first kappa shape index (κ1) is 16.9. The smallest absolute Gasteiger partial charge is 0.0692 e. The van der Waals surface area contributed by atoms with Crippen LogP contribution in [0.25, 0.3) is 10.9 Å². The van der Waals surface area contributed by atoms with E-state index in [0.717, 1.165) is 13.1 Å². The number of aromatic nitrogens is 1. The number of rotatable bonds is 3. The van der Waals surface area contributed by atoms with E-state index < -0.39 is 0 Å². The fraction of sp³-hybridized carbons (Fsp3) is 0.333. The van der Waals surface area contributed by atoms with Crippen molar-refractivity contribution in [1.29, 1.82) is 0 Å². The summed E-state index contributed by atoms with van der Waals surface area (Å²) in [5, 5.41) is 1.28. The number of para-hydroxylation sites is 1. The number of likely N-dealkylation sites (N-methyl/N-ethyl adjacent to an activating group) is 1. The molecule has 0 unspecified atom stereocenters. The molecule has 0 aliphatic carbocycles. The van der Waals surface area contributed by atoms with Crippen LogP contribution in [0.15, 0.2) is 48.2 Å². The highest BCUT2D eigenvalue weighted by atomic mass is 35.5. The highest BCUT2D eigenvalue weighted by Crippen LogP contribution is 2.14. The molecule has 0 saturated carbocycles. The van der Waals surface area contributed by atoms with Crippen molar-refractivity contribution in [3.05, 3.63) is 48.2 Å². The average molecular weight is 314 g/mol. The van der Waals surface area contributed by atoms with Gasteiger partial charge in [-0.05, 0) is 31.2 Å². The van der Waals surface area contributed by atoms with E-state index in [4.69, 9.17) is 0 Å². The van der Waals surface area contributed by atoms with E-state index in [1.165, 1.54) is 29.4 Å². The summed E-state index contributed by atoms with van der Waals surface area (Å²) in [4.78, 5) is 2.37. The SMILES string of the molecule is CN1CCC=C(CNn2ccc3ccccc32)C1.Cl.Cl. The second kappa shape index (κ2) is 7.58. The average Bonchev–Trinajstić information content (AvgIpc) is 2.80. The molecule has 0 radical (unpaired) electrons. The second-order valence-corrected chi connectivity index (χ2v) is 4.97. The van der Waals surface area contributed by atoms with Crippen molar-refractivity contribution in [1.82, 2.24) is 9.58 Å². The van der Waals surface area contributed by atoms with E-state index in [-0.39, 0.29) is 24.8 Å². The summed E-state index contributed by atoms with van der Waals surface area (Å²) in [6, 6.07) is 10.6. The summed E-state index contributed by atoms with van der Waals surface area (Å²) in [5.74, 6) is 0. The maximum absolute atomic E-state index is 3.48. The van der Waals surface area contributed by atoms with Crippen LogP contribution in [0.1, 0.15) is 6.42 Å². The Labute approximate surface area is 132 Å². The van der Waals surface area contributed by atoms with Crippen LogP contribution in [0.3, 0.4) is 0 Å². The van der Waals surface area contributed by atoms with Crippen LogP contribution < -0.4 is 5.43 Å². The highest BCUT2D eigenvalue weighted by Gasteiger charge is 2.08. The number of nitrogens with one attached hydrogen (secondary N) is 1. The largest absolute Gasteiger partial charge is 0.322 e. The zero-order valence-corrected chi connectivity index (χ0v) is 13.2. The molecule has 0 bridgehead atoms. The summed E-state index contributed by atoms with van der Waals surface area (Å²) in [5.41, 5.74) is 6.19. The summed E-state index contributed by atoms with van der Waals surface area (Å²) < 4.78 is 2.12. The molecule has 2 aromatic rings. The van der Waals surface area contributed by atoms with Crippen molar-refractivity contribution in [2.75, 3.05) is 32.1 Å². The van der Waals surface area contributed by atoms with Crippen molar-refractivity contribution >= 4 is 35.7 Å². The Balaban J connectivity index is 0.000001000. The Morgan fingerprint density at radius 3 is 2.75 bits per heavy atom. The number of benzene rings is 1. The third-order valence-corrected chi connectivity index (χ3v) is 3.49. The molecule has 20 heavy (non-hydrogen) atoms. The lowest BCUT2D eigenvalue weighted by atomic mass is 10.1. The lowest BCUT2D eigenvalue weighted by Crippen LogP contribution is -2.29. The van der Waals surface area contributed by atoms with E-state index in [2.05, 4.69) is 64.7 Å². The molecule has 0 fully saturated rings. The van der Waals surface area contributed by atoms with E-state index in [9.17, 15) is 0 Å². The van der Waals surface area contributed by atoms with E-state index >= 15 is 0 Å². The number of fused-ring (bicyclic) bond motifs is 1. The number of nitrogens with zero attached hydrogens (tertiary/aromatic N) is 2. The molecule has 3 nitrogen and oxygen atoms in total. The van der Waals surface area contributed by atoms with Gasteiger partial charge in [0.25, 0.3) is 0 Å². The van der Waals surface area contributed by atoms with Crippen LogP contribution in [-0.4, -0.2) is 36.3 Å². The zero-order chi connectivity index (χ0) is 12.4. The van der Waals surface area contributed by atoms with Gasteiger partial charge in [-0.25, -0.2) is 0 Å². The zero-order valence-electron chi connectivity index (χ0n) is 11.6. The monoisotopic (exact) mass is 313 g/mol. The van der Waals surface area contributed by atoms with Gasteiger partial charge in [-0.1, -0.05) is 24.3 Å². The molecule has 0 saturated heterocycles. The van der Waals surface area contributed by atoms with Crippen LogP contribution in [0, 0.1) is 0 Å². The molecule has 1 N–H and O–H groups in total. The van der Waals surface area contributed by atoms with Gasteiger partial charge in [-0.2, -0.15) is 0 Å². The van der Waals surface area contributed by atoms with Gasteiger partial charge in [0.1, 0.15) is 0 Å². The molecule has 0 amide bonds. The minimum atomic E-state index is 0. The third-order valence-electron chi connectivity index (χ3n) is 3.49. The first-order valence-electron chi connectivity index (χ1n) is 6.49. The van der Waals surface area contributed by atoms with Gasteiger partial charge in [0, 0.05) is 24.7 Å². The molecule has 3 rings (SSSR count). The fourth-order valence-corrected chi connectivity index (χ4v) is 2.52. The number of hydrogen-bond acceptors (Lipinski definition) is 2. The standard InChI is InChI=1S/C15H19N3.2ClH/c1-17-9-4-5-13(12-17)11-16-18-10-8-14-6-2-3-7-15(14)18;;/h2-3,5-8,10,16H,4,9,11-12H2,1H3;2*1H. The predicted molar refractivity (Wildman–Crippen MR) is 90.9 cm³/mol. The molecule has 2 heterocycles. The van der Waals surface area contributed by atoms with Crippen molar-refractivity contribution in [3.8, 4) is 0 Å². The molecular formula is C15H21Cl2N3. The number of hydrogen-bond donors (Lipinski definition) is 1. The summed E-state index contributed by atoms with van der Waals surface area (Å²) in [6.07, 6.45) is 5.62. The van der Waals surface area contributed by atoms with Crippen molar-refractivity contribution in [3.63, 3.8) is 0 Å². The Bertz CT molecular complexity index is 577. The Morgan fingerprint density at radius 2 is 1.95 bits per heavy atom. The van der Waals surface area contributed by atoms with E-state index in [0.29, 0.717) is 0 Å². The molecule has 0 atom stereocenters. The molecule has 1 aromatic carbocycles. The Hall–Kier alpha value is -1.16. The number of halogens is 2. The summed E-state index contributed by atoms with van der Waals surface area (Å²) in [7, 11) is 2.18. The highest BCUT2D eigenvalue weighted by molar-refractivity contribution is 5.85. The van der Waals surface area contributed by atoms with Crippen LogP contribution in [-0.2, 0) is 0 Å². The third kappa shape index (κ3) is 3.69. The molecule has 110 valence electrons. The minimum absolute atomic E-state index is 0. The second-order valence-electron chi connectivity index (χ2n) is 4.97. The topological polar surface area (TPSA) is 20.2 Å². The Morgan fingerprint density at radius 1 is 1.15 bits per heavy atom. The van der Waals surface area contributed by atoms with Crippen molar-refractivity contribution in [2.45, 2.75) is 6.42 Å². The lowest BCUT2D eigenvalue weighted by molar-refractivity contribution is 0.353. The van der Waals surface area contributed by atoms with Gasteiger partial charge in [0.2, 0.25) is 0 Å². The maximum atomic E-state index is 3.48. The first-order valence-corrected chi connectivity index (χ1v) is 6.49. The molecule has 5 heteroatoms. The molecule has 1 aromatic heterocycles. The van der Waals surface area contributed by atoms with E-state index in [1.54, 1.807) is 0 Å². The van der Waals surface area contributed by atoms with Crippen molar-refractivity contribution in [2.24, 2.45) is 0 Å².